The number of hydrogen-bond donors (Lipinski definition) is 1. The van der Waals surface area contributed by atoms with Crippen LogP contribution in [0, 0.1) is 17.2 Å². The molecule has 5 heteroatoms. The second-order valence-corrected chi connectivity index (χ2v) is 6.80. The number of carbonyl (C=O) groups is 1. The molecule has 0 aromatic heterocycles. The van der Waals surface area contributed by atoms with Gasteiger partial charge in [0.1, 0.15) is 0 Å². The molecule has 1 N–H and O–H groups in total. The van der Waals surface area contributed by atoms with Crippen molar-refractivity contribution in [1.82, 2.24) is 5.32 Å². The van der Waals surface area contributed by atoms with Gasteiger partial charge in [-0.15, -0.1) is 0 Å². The van der Waals surface area contributed by atoms with E-state index in [0.717, 1.165) is 44.5 Å². The number of rotatable bonds is 5. The van der Waals surface area contributed by atoms with Crippen molar-refractivity contribution >= 4 is 11.6 Å². The van der Waals surface area contributed by atoms with Gasteiger partial charge in [0, 0.05) is 38.3 Å². The van der Waals surface area contributed by atoms with Crippen molar-refractivity contribution in [3.05, 3.63) is 29.8 Å². The maximum Gasteiger partial charge on any atom is 0.220 e. The third kappa shape index (κ3) is 3.88. The summed E-state index contributed by atoms with van der Waals surface area (Å²) in [5.74, 6) is 0.562. The molecule has 0 spiro atoms. The number of ether oxygens (including phenoxy) is 1. The molecule has 1 amide bonds. The van der Waals surface area contributed by atoms with Crippen molar-refractivity contribution in [2.45, 2.75) is 44.2 Å². The van der Waals surface area contributed by atoms with E-state index < -0.39 is 0 Å². The molecule has 1 aromatic rings. The third-order valence-electron chi connectivity index (χ3n) is 5.32. The van der Waals surface area contributed by atoms with Crippen molar-refractivity contribution < 1.29 is 9.53 Å². The summed E-state index contributed by atoms with van der Waals surface area (Å²) in [6, 6.07) is 10.1. The molecule has 24 heavy (non-hydrogen) atoms. The van der Waals surface area contributed by atoms with E-state index in [1.54, 1.807) is 7.11 Å². The van der Waals surface area contributed by atoms with Gasteiger partial charge in [-0.1, -0.05) is 0 Å². The van der Waals surface area contributed by atoms with Gasteiger partial charge in [-0.25, -0.2) is 0 Å². The average Bonchev–Trinajstić information content (AvgIpc) is 2.60. The number of hydrogen-bond acceptors (Lipinski definition) is 4. The number of piperidine rings is 1. The van der Waals surface area contributed by atoms with Crippen LogP contribution in [0.1, 0.15) is 37.7 Å². The van der Waals surface area contributed by atoms with Crippen LogP contribution in [-0.4, -0.2) is 38.3 Å². The van der Waals surface area contributed by atoms with Gasteiger partial charge >= 0.3 is 0 Å². The monoisotopic (exact) mass is 327 g/mol. The summed E-state index contributed by atoms with van der Waals surface area (Å²) < 4.78 is 5.36. The molecule has 2 unspecified atom stereocenters. The lowest BCUT2D eigenvalue weighted by Gasteiger charge is -2.36. The van der Waals surface area contributed by atoms with Crippen LogP contribution < -0.4 is 10.2 Å². The molecule has 1 saturated heterocycles. The van der Waals surface area contributed by atoms with Gasteiger partial charge in [0.15, 0.2) is 0 Å². The predicted molar refractivity (Wildman–Crippen MR) is 92.7 cm³/mol. The molecule has 1 saturated carbocycles. The number of methoxy groups -OCH3 is 1. The topological polar surface area (TPSA) is 65.4 Å². The van der Waals surface area contributed by atoms with Crippen LogP contribution in [0.3, 0.4) is 0 Å². The molecule has 1 heterocycles. The number of benzene rings is 1. The molecule has 3 rings (SSSR count). The van der Waals surface area contributed by atoms with E-state index in [1.807, 2.05) is 24.3 Å². The Kier molecular flexibility index (Phi) is 5.37. The molecule has 2 fully saturated rings. The number of nitrogens with one attached hydrogen (secondary N) is 1. The van der Waals surface area contributed by atoms with Crippen LogP contribution in [0.15, 0.2) is 24.3 Å². The van der Waals surface area contributed by atoms with Gasteiger partial charge in [0.2, 0.25) is 5.91 Å². The fourth-order valence-electron chi connectivity index (χ4n) is 3.64. The molecule has 2 aliphatic rings. The van der Waals surface area contributed by atoms with Gasteiger partial charge in [-0.3, -0.25) is 4.79 Å². The van der Waals surface area contributed by atoms with Crippen LogP contribution in [0.5, 0.6) is 0 Å². The Hall–Kier alpha value is -2.06. The molecule has 0 bridgehead atoms. The summed E-state index contributed by atoms with van der Waals surface area (Å²) in [5.41, 5.74) is 1.84. The first-order valence-electron chi connectivity index (χ1n) is 8.77. The van der Waals surface area contributed by atoms with Gasteiger partial charge < -0.3 is 15.0 Å². The summed E-state index contributed by atoms with van der Waals surface area (Å²) in [6.45, 7) is 1.86. The Balaban J connectivity index is 1.43. The first-order valence-corrected chi connectivity index (χ1v) is 8.77. The molecular formula is C19H25N3O2. The first-order chi connectivity index (χ1) is 11.7. The fourth-order valence-corrected chi connectivity index (χ4v) is 3.64. The van der Waals surface area contributed by atoms with Gasteiger partial charge in [0.05, 0.1) is 17.7 Å². The number of anilines is 1. The third-order valence-corrected chi connectivity index (χ3v) is 5.32. The smallest absolute Gasteiger partial charge is 0.220 e. The molecule has 1 aliphatic heterocycles. The van der Waals surface area contributed by atoms with Gasteiger partial charge in [-0.2, -0.15) is 5.26 Å². The van der Waals surface area contributed by atoms with E-state index in [-0.39, 0.29) is 18.1 Å². The van der Waals surface area contributed by atoms with E-state index in [9.17, 15) is 4.79 Å². The molecule has 128 valence electrons. The minimum Gasteiger partial charge on any atom is -0.381 e. The van der Waals surface area contributed by atoms with Crippen LogP contribution in [0.4, 0.5) is 5.69 Å². The van der Waals surface area contributed by atoms with Crippen molar-refractivity contribution in [2.75, 3.05) is 25.1 Å². The second kappa shape index (κ2) is 7.67. The summed E-state index contributed by atoms with van der Waals surface area (Å²) in [6.07, 6.45) is 4.97. The molecule has 1 aliphatic carbocycles. The number of nitriles is 1. The summed E-state index contributed by atoms with van der Waals surface area (Å²) >= 11 is 0. The van der Waals surface area contributed by atoms with E-state index in [2.05, 4.69) is 16.3 Å². The normalized spacial score (nSPS) is 24.1. The largest absolute Gasteiger partial charge is 0.381 e. The highest BCUT2D eigenvalue weighted by Gasteiger charge is 2.33. The maximum atomic E-state index is 12.2. The summed E-state index contributed by atoms with van der Waals surface area (Å²) in [5, 5.41) is 12.1. The van der Waals surface area contributed by atoms with Crippen LogP contribution in [-0.2, 0) is 9.53 Å². The van der Waals surface area contributed by atoms with Crippen LogP contribution in [0.25, 0.3) is 0 Å². The SMILES string of the molecule is COC1CCC1CC(=O)NC1CCN(c2ccc(C#N)cc2)CC1. The number of amides is 1. The Morgan fingerprint density at radius 1 is 1.25 bits per heavy atom. The van der Waals surface area contributed by atoms with E-state index in [0.29, 0.717) is 17.9 Å². The number of nitrogens with zero attached hydrogens (tertiary/aromatic N) is 2. The van der Waals surface area contributed by atoms with Crippen molar-refractivity contribution in [3.63, 3.8) is 0 Å². The van der Waals surface area contributed by atoms with Crippen LogP contribution in [0.2, 0.25) is 0 Å². The number of carbonyl (C=O) groups excluding carboxylic acids is 1. The van der Waals surface area contributed by atoms with Crippen molar-refractivity contribution in [3.8, 4) is 6.07 Å². The van der Waals surface area contributed by atoms with Gasteiger partial charge in [-0.05, 0) is 55.9 Å². The molecule has 1 aromatic carbocycles. The molecule has 2 atom stereocenters. The summed E-state index contributed by atoms with van der Waals surface area (Å²) in [4.78, 5) is 14.5. The average molecular weight is 327 g/mol. The van der Waals surface area contributed by atoms with Crippen LogP contribution >= 0.6 is 0 Å². The van der Waals surface area contributed by atoms with Gasteiger partial charge in [0.25, 0.3) is 0 Å². The fraction of sp³-hybridized carbons (Fsp3) is 0.579. The highest BCUT2D eigenvalue weighted by Crippen LogP contribution is 2.32. The lowest BCUT2D eigenvalue weighted by molar-refractivity contribution is -0.126. The Morgan fingerprint density at radius 2 is 1.96 bits per heavy atom. The van der Waals surface area contributed by atoms with E-state index in [1.165, 1.54) is 0 Å². The highest BCUT2D eigenvalue weighted by atomic mass is 16.5. The van der Waals surface area contributed by atoms with Crippen molar-refractivity contribution in [2.24, 2.45) is 5.92 Å². The quantitative estimate of drug-likeness (QED) is 0.902. The predicted octanol–water partition coefficient (Wildman–Crippen LogP) is 2.46. The molecular weight excluding hydrogens is 302 g/mol. The lowest BCUT2D eigenvalue weighted by Crippen LogP contribution is -2.46. The lowest BCUT2D eigenvalue weighted by atomic mass is 9.79. The zero-order chi connectivity index (χ0) is 16.9. The zero-order valence-corrected chi connectivity index (χ0v) is 14.2. The Bertz CT molecular complexity index is 598. The minimum atomic E-state index is 0.165. The standard InChI is InChI=1S/C19H25N3O2/c1-24-18-7-4-15(18)12-19(23)21-16-8-10-22(11-9-16)17-5-2-14(13-20)3-6-17/h2-3,5-6,15-16,18H,4,7-12H2,1H3,(H,21,23). The Labute approximate surface area is 143 Å². The Morgan fingerprint density at radius 3 is 2.50 bits per heavy atom. The summed E-state index contributed by atoms with van der Waals surface area (Å²) in [7, 11) is 1.73. The molecule has 0 radical (unpaired) electrons. The second-order valence-electron chi connectivity index (χ2n) is 6.80. The maximum absolute atomic E-state index is 12.2. The molecule has 5 nitrogen and oxygen atoms in total. The zero-order valence-electron chi connectivity index (χ0n) is 14.2. The first kappa shape index (κ1) is 16.8. The van der Waals surface area contributed by atoms with Crippen molar-refractivity contribution in [1.29, 1.82) is 5.26 Å². The minimum absolute atomic E-state index is 0.165. The van der Waals surface area contributed by atoms with E-state index in [4.69, 9.17) is 10.00 Å². The highest BCUT2D eigenvalue weighted by molar-refractivity contribution is 5.76. The van der Waals surface area contributed by atoms with E-state index >= 15 is 0 Å².